The summed E-state index contributed by atoms with van der Waals surface area (Å²) in [5.74, 6) is -2.98. The molecule has 38 heavy (non-hydrogen) atoms. The predicted octanol–water partition coefficient (Wildman–Crippen LogP) is 7.84. The zero-order chi connectivity index (χ0) is 28.2. The number of halogens is 3. The summed E-state index contributed by atoms with van der Waals surface area (Å²) < 4.78 is 43.0. The average molecular weight is 531 g/mol. The zero-order valence-electron chi connectivity index (χ0n) is 21.9. The van der Waals surface area contributed by atoms with Crippen molar-refractivity contribution in [3.8, 4) is 17.2 Å². The highest BCUT2D eigenvalue weighted by Gasteiger charge is 2.47. The van der Waals surface area contributed by atoms with Crippen LogP contribution in [0.1, 0.15) is 63.7 Å². The zero-order valence-corrected chi connectivity index (χ0v) is 21.9. The van der Waals surface area contributed by atoms with Crippen molar-refractivity contribution in [1.82, 2.24) is 0 Å². The molecule has 3 N–H and O–H groups in total. The third-order valence-electron chi connectivity index (χ3n) is 6.28. The summed E-state index contributed by atoms with van der Waals surface area (Å²) >= 11 is 0. The standard InChI is InChI=1S/C29H33F3N2O4/c1-18(2)8-5-9-19(3)10-6-11-20(4)14-15-33-23-16-21(35)17-25(37)27(23)34(29(30,31)32)26-22(28(33)38)12-7-13-24(26)36/h7-8,10,12-14,16-17,35-37H,5-6,9,11,15H2,1-4H3. The maximum absolute atomic E-state index is 14.3. The first-order chi connectivity index (χ1) is 17.8. The van der Waals surface area contributed by atoms with E-state index in [9.17, 15) is 33.3 Å². The Morgan fingerprint density at radius 3 is 2.13 bits per heavy atom. The van der Waals surface area contributed by atoms with E-state index in [2.05, 4.69) is 32.9 Å². The number of alkyl halides is 3. The SMILES string of the molecule is CC(C)=CCCC(C)=CCCC(C)=CCN1C(=O)c2cccc(O)c2N(C(F)(F)F)c2c(O)cc(O)cc21. The molecule has 2 aromatic rings. The number of anilines is 3. The molecule has 0 saturated heterocycles. The van der Waals surface area contributed by atoms with Gasteiger partial charge in [0.2, 0.25) is 0 Å². The molecular formula is C29H33F3N2O4. The van der Waals surface area contributed by atoms with Crippen LogP contribution in [0.3, 0.4) is 0 Å². The van der Waals surface area contributed by atoms with Crippen molar-refractivity contribution in [3.63, 3.8) is 0 Å². The highest BCUT2D eigenvalue weighted by Crippen LogP contribution is 2.53. The first kappa shape index (κ1) is 28.7. The molecule has 0 bridgehead atoms. The molecule has 1 amide bonds. The number of rotatable bonds is 8. The average Bonchev–Trinajstić information content (AvgIpc) is 2.91. The van der Waals surface area contributed by atoms with Crippen molar-refractivity contribution in [1.29, 1.82) is 0 Å². The Bertz CT molecular complexity index is 1290. The Labute approximate surface area is 220 Å². The van der Waals surface area contributed by atoms with E-state index in [4.69, 9.17) is 0 Å². The van der Waals surface area contributed by atoms with Gasteiger partial charge in [-0.3, -0.25) is 4.79 Å². The molecule has 1 aliphatic heterocycles. The molecule has 6 nitrogen and oxygen atoms in total. The number of para-hydroxylation sites is 1. The van der Waals surface area contributed by atoms with Crippen LogP contribution >= 0.6 is 0 Å². The molecule has 2 aromatic carbocycles. The molecule has 0 atom stereocenters. The number of fused-ring (bicyclic) bond motifs is 2. The maximum atomic E-state index is 14.3. The highest BCUT2D eigenvalue weighted by atomic mass is 19.4. The molecule has 1 heterocycles. The number of aromatic hydroxyl groups is 3. The Morgan fingerprint density at radius 1 is 0.868 bits per heavy atom. The molecule has 0 aliphatic carbocycles. The number of amides is 1. The fourth-order valence-electron chi connectivity index (χ4n) is 4.35. The van der Waals surface area contributed by atoms with Gasteiger partial charge in [-0.2, -0.15) is 0 Å². The van der Waals surface area contributed by atoms with Gasteiger partial charge in [0.05, 0.1) is 11.3 Å². The minimum atomic E-state index is -5.10. The third-order valence-corrected chi connectivity index (χ3v) is 6.28. The smallest absolute Gasteiger partial charge is 0.489 e. The van der Waals surface area contributed by atoms with Gasteiger partial charge in [0, 0.05) is 18.7 Å². The van der Waals surface area contributed by atoms with E-state index in [0.29, 0.717) is 6.42 Å². The molecule has 0 unspecified atom stereocenters. The van der Waals surface area contributed by atoms with Gasteiger partial charge in [0.1, 0.15) is 28.6 Å². The normalized spacial score (nSPS) is 14.2. The van der Waals surface area contributed by atoms with Gasteiger partial charge in [-0.05, 0) is 65.5 Å². The van der Waals surface area contributed by atoms with E-state index in [-0.39, 0.29) is 17.1 Å². The van der Waals surface area contributed by atoms with Crippen LogP contribution in [0.5, 0.6) is 17.2 Å². The second kappa shape index (κ2) is 11.7. The van der Waals surface area contributed by atoms with Crippen molar-refractivity contribution in [3.05, 3.63) is 70.8 Å². The fraction of sp³-hybridized carbons (Fsp3) is 0.345. The Kier molecular flexibility index (Phi) is 8.81. The molecule has 0 saturated carbocycles. The molecule has 0 aromatic heterocycles. The summed E-state index contributed by atoms with van der Waals surface area (Å²) in [5, 5.41) is 31.0. The van der Waals surface area contributed by atoms with Crippen molar-refractivity contribution in [2.24, 2.45) is 0 Å². The first-order valence-corrected chi connectivity index (χ1v) is 12.3. The number of allylic oxidation sites excluding steroid dienone is 5. The van der Waals surface area contributed by atoms with E-state index in [0.717, 1.165) is 47.9 Å². The number of benzene rings is 2. The monoisotopic (exact) mass is 530 g/mol. The summed E-state index contributed by atoms with van der Waals surface area (Å²) in [6.07, 6.45) is 4.36. The minimum absolute atomic E-state index is 0.107. The molecular weight excluding hydrogens is 497 g/mol. The Balaban J connectivity index is 1.96. The summed E-state index contributed by atoms with van der Waals surface area (Å²) in [7, 11) is 0. The van der Waals surface area contributed by atoms with Crippen LogP contribution in [-0.2, 0) is 0 Å². The lowest BCUT2D eigenvalue weighted by molar-refractivity contribution is -0.121. The molecule has 0 spiro atoms. The van der Waals surface area contributed by atoms with Gasteiger partial charge in [-0.15, -0.1) is 13.2 Å². The van der Waals surface area contributed by atoms with Crippen LogP contribution in [-0.4, -0.2) is 34.1 Å². The largest absolute Gasteiger partial charge is 0.508 e. The van der Waals surface area contributed by atoms with Gasteiger partial charge in [0.25, 0.3) is 5.91 Å². The number of hydrogen-bond donors (Lipinski definition) is 3. The predicted molar refractivity (Wildman–Crippen MR) is 143 cm³/mol. The van der Waals surface area contributed by atoms with Gasteiger partial charge in [0.15, 0.2) is 0 Å². The number of phenolic OH excluding ortho intramolecular Hbond substituents is 3. The lowest BCUT2D eigenvalue weighted by Crippen LogP contribution is -2.34. The van der Waals surface area contributed by atoms with E-state index < -0.39 is 46.4 Å². The minimum Gasteiger partial charge on any atom is -0.508 e. The summed E-state index contributed by atoms with van der Waals surface area (Å²) in [6.45, 7) is 7.96. The Morgan fingerprint density at radius 2 is 1.50 bits per heavy atom. The second-order valence-corrected chi connectivity index (χ2v) is 9.68. The molecule has 204 valence electrons. The van der Waals surface area contributed by atoms with E-state index >= 15 is 0 Å². The van der Waals surface area contributed by atoms with Crippen LogP contribution < -0.4 is 9.80 Å². The van der Waals surface area contributed by atoms with Crippen molar-refractivity contribution in [2.75, 3.05) is 16.3 Å². The lowest BCUT2D eigenvalue weighted by atomic mass is 10.1. The molecule has 3 rings (SSSR count). The van der Waals surface area contributed by atoms with Crippen molar-refractivity contribution < 1.29 is 33.3 Å². The highest BCUT2D eigenvalue weighted by molar-refractivity contribution is 6.15. The van der Waals surface area contributed by atoms with Crippen LogP contribution in [0.25, 0.3) is 0 Å². The van der Waals surface area contributed by atoms with Crippen LogP contribution in [0.2, 0.25) is 0 Å². The lowest BCUT2D eigenvalue weighted by Gasteiger charge is -2.29. The quantitative estimate of drug-likeness (QED) is 0.239. The fourth-order valence-corrected chi connectivity index (χ4v) is 4.35. The maximum Gasteiger partial charge on any atom is 0.489 e. The van der Waals surface area contributed by atoms with Crippen molar-refractivity contribution >= 4 is 23.0 Å². The third kappa shape index (κ3) is 6.51. The van der Waals surface area contributed by atoms with E-state index in [1.54, 1.807) is 6.08 Å². The summed E-state index contributed by atoms with van der Waals surface area (Å²) in [4.78, 5) is 14.4. The van der Waals surface area contributed by atoms with Crippen molar-refractivity contribution in [2.45, 2.75) is 59.7 Å². The number of carbonyl (C=O) groups is 1. The molecule has 9 heteroatoms. The molecule has 0 radical (unpaired) electrons. The van der Waals surface area contributed by atoms with Crippen LogP contribution in [0.4, 0.5) is 30.2 Å². The first-order valence-electron chi connectivity index (χ1n) is 12.3. The number of phenols is 3. The second-order valence-electron chi connectivity index (χ2n) is 9.68. The molecule has 1 aliphatic rings. The summed E-state index contributed by atoms with van der Waals surface area (Å²) in [6, 6.07) is 5.26. The van der Waals surface area contributed by atoms with Crippen LogP contribution in [0.15, 0.2) is 65.3 Å². The topological polar surface area (TPSA) is 84.2 Å². The number of nitrogens with zero attached hydrogens (tertiary/aromatic N) is 2. The van der Waals surface area contributed by atoms with Gasteiger partial charge in [-0.1, -0.05) is 41.0 Å². The number of hydrogen-bond acceptors (Lipinski definition) is 5. The number of carbonyl (C=O) groups excluding carboxylic acids is 1. The van der Waals surface area contributed by atoms with E-state index in [1.165, 1.54) is 23.3 Å². The van der Waals surface area contributed by atoms with Gasteiger partial charge >= 0.3 is 6.30 Å². The Hall–Kier alpha value is -3.88. The van der Waals surface area contributed by atoms with Gasteiger partial charge in [-0.25, -0.2) is 4.90 Å². The summed E-state index contributed by atoms with van der Waals surface area (Å²) in [5.41, 5.74) is 1.19. The van der Waals surface area contributed by atoms with Crippen LogP contribution in [0, 0.1) is 0 Å². The van der Waals surface area contributed by atoms with E-state index in [1.807, 2.05) is 6.92 Å². The molecule has 0 fully saturated rings. The van der Waals surface area contributed by atoms with Gasteiger partial charge < -0.3 is 20.2 Å².